The molecule has 24 heavy (non-hydrogen) atoms. The fraction of sp³-hybridized carbons (Fsp3) is 0.158. The van der Waals surface area contributed by atoms with Crippen LogP contribution in [0.25, 0.3) is 0 Å². The number of halogens is 1. The molecule has 0 aliphatic carbocycles. The highest BCUT2D eigenvalue weighted by Crippen LogP contribution is 2.20. The van der Waals surface area contributed by atoms with Crippen LogP contribution in [-0.2, 0) is 4.79 Å². The molecule has 4 nitrogen and oxygen atoms in total. The second-order valence-electron chi connectivity index (χ2n) is 5.21. The SMILES string of the molecule is C=CCNC(=O)C[C@@H](NC(=O)c1ccccc1Cl)c1ccccc1. The van der Waals surface area contributed by atoms with Gasteiger partial charge in [-0.15, -0.1) is 6.58 Å². The van der Waals surface area contributed by atoms with Crippen molar-refractivity contribution in [3.63, 3.8) is 0 Å². The van der Waals surface area contributed by atoms with Gasteiger partial charge in [0.1, 0.15) is 0 Å². The van der Waals surface area contributed by atoms with E-state index in [1.807, 2.05) is 30.3 Å². The Morgan fingerprint density at radius 3 is 2.42 bits per heavy atom. The maximum Gasteiger partial charge on any atom is 0.253 e. The fourth-order valence-corrected chi connectivity index (χ4v) is 2.48. The minimum Gasteiger partial charge on any atom is -0.353 e. The van der Waals surface area contributed by atoms with Crippen LogP contribution in [0.1, 0.15) is 28.4 Å². The lowest BCUT2D eigenvalue weighted by Crippen LogP contribution is -2.34. The van der Waals surface area contributed by atoms with Crippen molar-refractivity contribution in [1.29, 1.82) is 0 Å². The molecular formula is C19H19ClN2O2. The van der Waals surface area contributed by atoms with Crippen molar-refractivity contribution in [2.75, 3.05) is 6.54 Å². The molecule has 1 atom stereocenters. The number of nitrogens with one attached hydrogen (secondary N) is 2. The number of rotatable bonds is 7. The molecular weight excluding hydrogens is 324 g/mol. The molecule has 0 aliphatic heterocycles. The molecule has 2 aromatic rings. The molecule has 0 fully saturated rings. The van der Waals surface area contributed by atoms with Gasteiger partial charge >= 0.3 is 0 Å². The van der Waals surface area contributed by atoms with Crippen molar-refractivity contribution in [3.8, 4) is 0 Å². The standard InChI is InChI=1S/C19H19ClN2O2/c1-2-12-21-18(23)13-17(14-8-4-3-5-9-14)22-19(24)15-10-6-7-11-16(15)20/h2-11,17H,1,12-13H2,(H,21,23)(H,22,24)/t17-/m1/s1. The maximum atomic E-state index is 12.5. The first kappa shape index (κ1) is 17.8. The Labute approximate surface area is 146 Å². The first-order valence-corrected chi connectivity index (χ1v) is 7.97. The molecule has 2 rings (SSSR count). The summed E-state index contributed by atoms with van der Waals surface area (Å²) in [5.74, 6) is -0.478. The number of carbonyl (C=O) groups excluding carboxylic acids is 2. The van der Waals surface area contributed by atoms with E-state index in [0.717, 1.165) is 5.56 Å². The number of hydrogen-bond donors (Lipinski definition) is 2. The molecule has 0 heterocycles. The lowest BCUT2D eigenvalue weighted by molar-refractivity contribution is -0.121. The highest BCUT2D eigenvalue weighted by molar-refractivity contribution is 6.33. The van der Waals surface area contributed by atoms with E-state index in [9.17, 15) is 9.59 Å². The first-order valence-electron chi connectivity index (χ1n) is 7.59. The largest absolute Gasteiger partial charge is 0.353 e. The molecule has 0 bridgehead atoms. The maximum absolute atomic E-state index is 12.5. The normalized spacial score (nSPS) is 11.4. The summed E-state index contributed by atoms with van der Waals surface area (Å²) in [4.78, 5) is 24.5. The summed E-state index contributed by atoms with van der Waals surface area (Å²) >= 11 is 6.07. The first-order chi connectivity index (χ1) is 11.6. The molecule has 0 aliphatic rings. The lowest BCUT2D eigenvalue weighted by Gasteiger charge is -2.19. The summed E-state index contributed by atoms with van der Waals surface area (Å²) in [6, 6.07) is 15.7. The van der Waals surface area contributed by atoms with Crippen LogP contribution in [0.5, 0.6) is 0 Å². The minimum atomic E-state index is -0.445. The summed E-state index contributed by atoms with van der Waals surface area (Å²) in [5.41, 5.74) is 1.23. The fourth-order valence-electron chi connectivity index (χ4n) is 2.26. The highest BCUT2D eigenvalue weighted by atomic mass is 35.5. The van der Waals surface area contributed by atoms with Crippen LogP contribution in [0.4, 0.5) is 0 Å². The molecule has 2 amide bonds. The van der Waals surface area contributed by atoms with E-state index in [4.69, 9.17) is 11.6 Å². The highest BCUT2D eigenvalue weighted by Gasteiger charge is 2.20. The van der Waals surface area contributed by atoms with Gasteiger partial charge < -0.3 is 10.6 Å². The molecule has 0 spiro atoms. The Balaban J connectivity index is 2.17. The van der Waals surface area contributed by atoms with Crippen LogP contribution in [0, 0.1) is 0 Å². The third-order valence-corrected chi connectivity index (χ3v) is 3.79. The smallest absolute Gasteiger partial charge is 0.253 e. The Hall–Kier alpha value is -2.59. The van der Waals surface area contributed by atoms with Crippen LogP contribution in [0.3, 0.4) is 0 Å². The second kappa shape index (κ2) is 8.89. The van der Waals surface area contributed by atoms with Crippen LogP contribution in [-0.4, -0.2) is 18.4 Å². The van der Waals surface area contributed by atoms with Gasteiger partial charge in [0, 0.05) is 6.54 Å². The Kier molecular flexibility index (Phi) is 6.58. The van der Waals surface area contributed by atoms with E-state index in [2.05, 4.69) is 17.2 Å². The van der Waals surface area contributed by atoms with Gasteiger partial charge in [-0.1, -0.05) is 60.1 Å². The van der Waals surface area contributed by atoms with Gasteiger partial charge in [0.25, 0.3) is 5.91 Å². The van der Waals surface area contributed by atoms with E-state index in [0.29, 0.717) is 17.1 Å². The average Bonchev–Trinajstić information content (AvgIpc) is 2.60. The zero-order valence-corrected chi connectivity index (χ0v) is 13.9. The Morgan fingerprint density at radius 2 is 1.75 bits per heavy atom. The van der Waals surface area contributed by atoms with Crippen molar-refractivity contribution in [1.82, 2.24) is 10.6 Å². The second-order valence-corrected chi connectivity index (χ2v) is 5.62. The van der Waals surface area contributed by atoms with Gasteiger partial charge in [0.05, 0.1) is 23.0 Å². The van der Waals surface area contributed by atoms with Crippen molar-refractivity contribution >= 4 is 23.4 Å². The van der Waals surface area contributed by atoms with Gasteiger partial charge in [-0.3, -0.25) is 9.59 Å². The molecule has 0 saturated carbocycles. The molecule has 2 N–H and O–H groups in total. The predicted molar refractivity (Wildman–Crippen MR) is 95.9 cm³/mol. The van der Waals surface area contributed by atoms with Gasteiger partial charge in [-0.25, -0.2) is 0 Å². The number of benzene rings is 2. The average molecular weight is 343 g/mol. The van der Waals surface area contributed by atoms with Crippen LogP contribution in [0.2, 0.25) is 5.02 Å². The topological polar surface area (TPSA) is 58.2 Å². The van der Waals surface area contributed by atoms with Crippen LogP contribution < -0.4 is 10.6 Å². The zero-order valence-electron chi connectivity index (χ0n) is 13.2. The lowest BCUT2D eigenvalue weighted by atomic mass is 10.0. The summed E-state index contributed by atoms with van der Waals surface area (Å²) in [6.45, 7) is 3.96. The van der Waals surface area contributed by atoms with E-state index in [1.165, 1.54) is 0 Å². The summed E-state index contributed by atoms with van der Waals surface area (Å²) in [6.07, 6.45) is 1.74. The Bertz CT molecular complexity index is 716. The van der Waals surface area contributed by atoms with Gasteiger partial charge in [0.2, 0.25) is 5.91 Å². The van der Waals surface area contributed by atoms with Crippen molar-refractivity contribution in [2.24, 2.45) is 0 Å². The monoisotopic (exact) mass is 342 g/mol. The summed E-state index contributed by atoms with van der Waals surface area (Å²) in [5, 5.41) is 5.98. The minimum absolute atomic E-state index is 0.133. The number of amides is 2. The van der Waals surface area contributed by atoms with Crippen LogP contribution >= 0.6 is 11.6 Å². The number of carbonyl (C=O) groups is 2. The third-order valence-electron chi connectivity index (χ3n) is 3.46. The summed E-state index contributed by atoms with van der Waals surface area (Å²) < 4.78 is 0. The van der Waals surface area contributed by atoms with E-state index >= 15 is 0 Å². The van der Waals surface area contributed by atoms with Crippen LogP contribution in [0.15, 0.2) is 67.3 Å². The van der Waals surface area contributed by atoms with Crippen molar-refractivity contribution in [2.45, 2.75) is 12.5 Å². The molecule has 0 unspecified atom stereocenters. The molecule has 0 saturated heterocycles. The Morgan fingerprint density at radius 1 is 1.08 bits per heavy atom. The van der Waals surface area contributed by atoms with Gasteiger partial charge in [-0.05, 0) is 17.7 Å². The predicted octanol–water partition coefficient (Wildman–Crippen LogP) is 3.50. The molecule has 124 valence electrons. The molecule has 0 aromatic heterocycles. The van der Waals surface area contributed by atoms with E-state index < -0.39 is 6.04 Å². The van der Waals surface area contributed by atoms with E-state index in [1.54, 1.807) is 30.3 Å². The summed E-state index contributed by atoms with van der Waals surface area (Å²) in [7, 11) is 0. The van der Waals surface area contributed by atoms with Crippen molar-refractivity contribution in [3.05, 3.63) is 83.4 Å². The van der Waals surface area contributed by atoms with Crippen molar-refractivity contribution < 1.29 is 9.59 Å². The molecule has 5 heteroatoms. The quantitative estimate of drug-likeness (QED) is 0.756. The van der Waals surface area contributed by atoms with Gasteiger partial charge in [-0.2, -0.15) is 0 Å². The van der Waals surface area contributed by atoms with E-state index in [-0.39, 0.29) is 18.2 Å². The zero-order chi connectivity index (χ0) is 17.4. The van der Waals surface area contributed by atoms with Gasteiger partial charge in [0.15, 0.2) is 0 Å². The molecule has 2 aromatic carbocycles. The third kappa shape index (κ3) is 4.96. The molecule has 0 radical (unpaired) electrons. The number of hydrogen-bond acceptors (Lipinski definition) is 2.